The lowest BCUT2D eigenvalue weighted by atomic mass is 9.85. The molecular weight excluding hydrogens is 264 g/mol. The molecule has 1 heterocycles. The second-order valence-electron chi connectivity index (χ2n) is 6.56. The average molecular weight is 295 g/mol. The van der Waals surface area contributed by atoms with Crippen LogP contribution in [0.3, 0.4) is 0 Å². The average Bonchev–Trinajstić information content (AvgIpc) is 2.85. The Kier molecular flexibility index (Phi) is 5.65. The summed E-state index contributed by atoms with van der Waals surface area (Å²) in [7, 11) is 2.29. The third kappa shape index (κ3) is 3.63. The molecule has 2 rings (SSSR count). The molecule has 1 aliphatic rings. The number of nitrogens with zero attached hydrogens (tertiary/aromatic N) is 1. The van der Waals surface area contributed by atoms with Crippen LogP contribution in [0, 0.1) is 12.8 Å². The molecule has 0 spiro atoms. The minimum Gasteiger partial charge on any atom is -0.326 e. The maximum absolute atomic E-state index is 6.47. The summed E-state index contributed by atoms with van der Waals surface area (Å²) in [4.78, 5) is 5.41. The smallest absolute Gasteiger partial charge is 0.0593 e. The zero-order valence-electron chi connectivity index (χ0n) is 13.4. The Morgan fingerprint density at radius 2 is 2.15 bits per heavy atom. The fraction of sp³-hybridized carbons (Fsp3) is 0.765. The van der Waals surface area contributed by atoms with Crippen molar-refractivity contribution in [1.82, 2.24) is 4.90 Å². The number of nitrogens with two attached hydrogens (primary N) is 1. The highest BCUT2D eigenvalue weighted by molar-refractivity contribution is 7.12. The van der Waals surface area contributed by atoms with E-state index in [1.54, 1.807) is 0 Å². The van der Waals surface area contributed by atoms with E-state index in [0.29, 0.717) is 12.1 Å². The predicted molar refractivity (Wildman–Crippen MR) is 89.2 cm³/mol. The van der Waals surface area contributed by atoms with Crippen molar-refractivity contribution in [3.05, 3.63) is 21.9 Å². The molecule has 0 saturated heterocycles. The van der Waals surface area contributed by atoms with Gasteiger partial charge < -0.3 is 5.73 Å². The standard InChI is InChI=1S/C17H30N2S/c1-5-15(18)17(16-10-9-13(3)20-16)19(4)14-8-6-7-12(2)11-14/h9-10,12,14-15,17H,5-8,11,18H2,1-4H3. The van der Waals surface area contributed by atoms with E-state index in [-0.39, 0.29) is 6.04 Å². The van der Waals surface area contributed by atoms with E-state index in [1.165, 1.54) is 35.4 Å². The van der Waals surface area contributed by atoms with Gasteiger partial charge in [-0.25, -0.2) is 0 Å². The minimum atomic E-state index is 0.232. The SMILES string of the molecule is CCC(N)C(c1ccc(C)s1)N(C)C1CCCC(C)C1. The van der Waals surface area contributed by atoms with Gasteiger partial charge in [0.05, 0.1) is 6.04 Å². The van der Waals surface area contributed by atoms with E-state index in [0.717, 1.165) is 12.3 Å². The number of aryl methyl sites for hydroxylation is 1. The van der Waals surface area contributed by atoms with Crippen molar-refractivity contribution in [1.29, 1.82) is 0 Å². The molecule has 0 amide bonds. The molecule has 1 aliphatic carbocycles. The van der Waals surface area contributed by atoms with Gasteiger partial charge in [-0.2, -0.15) is 0 Å². The molecule has 0 radical (unpaired) electrons. The molecule has 1 aromatic heterocycles. The molecule has 2 N–H and O–H groups in total. The Labute approximate surface area is 128 Å². The summed E-state index contributed by atoms with van der Waals surface area (Å²) in [5.74, 6) is 0.861. The first kappa shape index (κ1) is 16.0. The maximum atomic E-state index is 6.47. The van der Waals surface area contributed by atoms with Gasteiger partial charge in [0.1, 0.15) is 0 Å². The largest absolute Gasteiger partial charge is 0.326 e. The molecule has 0 aliphatic heterocycles. The highest BCUT2D eigenvalue weighted by Crippen LogP contribution is 2.35. The van der Waals surface area contributed by atoms with Gasteiger partial charge in [-0.15, -0.1) is 11.3 Å². The Bertz CT molecular complexity index is 415. The third-order valence-electron chi connectivity index (χ3n) is 4.85. The molecule has 4 atom stereocenters. The first-order chi connectivity index (χ1) is 9.52. The van der Waals surface area contributed by atoms with Gasteiger partial charge in [0, 0.05) is 21.8 Å². The molecule has 1 fully saturated rings. The summed E-state index contributed by atoms with van der Waals surface area (Å²) in [6, 6.07) is 5.82. The first-order valence-corrected chi connectivity index (χ1v) is 8.88. The molecule has 2 nitrogen and oxygen atoms in total. The van der Waals surface area contributed by atoms with Crippen molar-refractivity contribution >= 4 is 11.3 Å². The molecule has 3 heteroatoms. The zero-order valence-corrected chi connectivity index (χ0v) is 14.2. The van der Waals surface area contributed by atoms with E-state index in [4.69, 9.17) is 5.73 Å². The summed E-state index contributed by atoms with van der Waals surface area (Å²) >= 11 is 1.91. The van der Waals surface area contributed by atoms with Crippen LogP contribution in [0.4, 0.5) is 0 Å². The van der Waals surface area contributed by atoms with Gasteiger partial charge in [-0.3, -0.25) is 4.90 Å². The summed E-state index contributed by atoms with van der Waals surface area (Å²) < 4.78 is 0. The number of hydrogen-bond acceptors (Lipinski definition) is 3. The molecule has 20 heavy (non-hydrogen) atoms. The van der Waals surface area contributed by atoms with Crippen molar-refractivity contribution in [2.24, 2.45) is 11.7 Å². The Hall–Kier alpha value is -0.380. The first-order valence-electron chi connectivity index (χ1n) is 8.06. The normalized spacial score (nSPS) is 26.7. The number of thiophene rings is 1. The van der Waals surface area contributed by atoms with Gasteiger partial charge in [-0.05, 0) is 51.3 Å². The second-order valence-corrected chi connectivity index (χ2v) is 7.88. The molecule has 114 valence electrons. The topological polar surface area (TPSA) is 29.3 Å². The Morgan fingerprint density at radius 3 is 2.70 bits per heavy atom. The van der Waals surface area contributed by atoms with Gasteiger partial charge in [0.15, 0.2) is 0 Å². The fourth-order valence-corrected chi connectivity index (χ4v) is 4.65. The summed E-state index contributed by atoms with van der Waals surface area (Å²) in [6.45, 7) is 6.78. The van der Waals surface area contributed by atoms with Crippen molar-refractivity contribution in [2.45, 2.75) is 71.0 Å². The van der Waals surface area contributed by atoms with Crippen LogP contribution in [0.1, 0.15) is 61.7 Å². The molecule has 0 bridgehead atoms. The summed E-state index contributed by atoms with van der Waals surface area (Å²) in [5.41, 5.74) is 6.47. The highest BCUT2D eigenvalue weighted by atomic mass is 32.1. The van der Waals surface area contributed by atoms with Crippen LogP contribution in [0.2, 0.25) is 0 Å². The number of rotatable bonds is 5. The van der Waals surface area contributed by atoms with Crippen molar-refractivity contribution in [3.63, 3.8) is 0 Å². The van der Waals surface area contributed by atoms with Crippen LogP contribution in [0.15, 0.2) is 12.1 Å². The Balaban J connectivity index is 2.17. The van der Waals surface area contributed by atoms with Crippen LogP contribution >= 0.6 is 11.3 Å². The maximum Gasteiger partial charge on any atom is 0.0593 e. The number of hydrogen-bond donors (Lipinski definition) is 1. The van der Waals surface area contributed by atoms with Crippen molar-refractivity contribution in [2.75, 3.05) is 7.05 Å². The quantitative estimate of drug-likeness (QED) is 0.875. The van der Waals surface area contributed by atoms with Gasteiger partial charge in [0.2, 0.25) is 0 Å². The molecule has 0 aromatic carbocycles. The van der Waals surface area contributed by atoms with Crippen molar-refractivity contribution < 1.29 is 0 Å². The lowest BCUT2D eigenvalue weighted by Crippen LogP contribution is -2.45. The van der Waals surface area contributed by atoms with E-state index in [2.05, 4.69) is 44.9 Å². The van der Waals surface area contributed by atoms with Gasteiger partial charge >= 0.3 is 0 Å². The van der Waals surface area contributed by atoms with Crippen LogP contribution in [-0.2, 0) is 0 Å². The lowest BCUT2D eigenvalue weighted by molar-refractivity contribution is 0.104. The van der Waals surface area contributed by atoms with Crippen molar-refractivity contribution in [3.8, 4) is 0 Å². The van der Waals surface area contributed by atoms with E-state index < -0.39 is 0 Å². The van der Waals surface area contributed by atoms with E-state index in [1.807, 2.05) is 11.3 Å². The number of likely N-dealkylation sites (N-methyl/N-ethyl adjacent to an activating group) is 1. The third-order valence-corrected chi connectivity index (χ3v) is 5.92. The van der Waals surface area contributed by atoms with E-state index >= 15 is 0 Å². The van der Waals surface area contributed by atoms with Crippen LogP contribution in [0.25, 0.3) is 0 Å². The highest BCUT2D eigenvalue weighted by Gasteiger charge is 2.31. The van der Waals surface area contributed by atoms with Gasteiger partial charge in [-0.1, -0.05) is 26.7 Å². The van der Waals surface area contributed by atoms with Crippen LogP contribution in [0.5, 0.6) is 0 Å². The Morgan fingerprint density at radius 1 is 1.40 bits per heavy atom. The summed E-state index contributed by atoms with van der Waals surface area (Å²) in [6.07, 6.45) is 6.46. The predicted octanol–water partition coefficient (Wildman–Crippen LogP) is 4.35. The van der Waals surface area contributed by atoms with Crippen LogP contribution in [-0.4, -0.2) is 24.0 Å². The monoisotopic (exact) mass is 294 g/mol. The van der Waals surface area contributed by atoms with Gasteiger partial charge in [0.25, 0.3) is 0 Å². The molecule has 1 saturated carbocycles. The second kappa shape index (κ2) is 7.06. The lowest BCUT2D eigenvalue weighted by Gasteiger charge is -2.40. The molecule has 4 unspecified atom stereocenters. The zero-order chi connectivity index (χ0) is 14.7. The fourth-order valence-electron chi connectivity index (χ4n) is 3.55. The minimum absolute atomic E-state index is 0.232. The van der Waals surface area contributed by atoms with Crippen LogP contribution < -0.4 is 5.73 Å². The summed E-state index contributed by atoms with van der Waals surface area (Å²) in [5, 5.41) is 0. The molecule has 1 aromatic rings. The molecular formula is C17H30N2S. The van der Waals surface area contributed by atoms with E-state index in [9.17, 15) is 0 Å².